The van der Waals surface area contributed by atoms with E-state index in [4.69, 9.17) is 10.5 Å². The van der Waals surface area contributed by atoms with E-state index in [9.17, 15) is 13.2 Å². The summed E-state index contributed by atoms with van der Waals surface area (Å²) in [6, 6.07) is 14.9. The highest BCUT2D eigenvalue weighted by molar-refractivity contribution is 7.90. The van der Waals surface area contributed by atoms with Gasteiger partial charge in [-0.25, -0.2) is 8.42 Å². The average molecular weight is 376 g/mol. The van der Waals surface area contributed by atoms with Gasteiger partial charge in [-0.2, -0.15) is 0 Å². The van der Waals surface area contributed by atoms with E-state index in [0.717, 1.165) is 11.8 Å². The minimum absolute atomic E-state index is 0.157. The Bertz CT molecular complexity index is 838. The lowest BCUT2D eigenvalue weighted by atomic mass is 10.1. The number of hydrogen-bond acceptors (Lipinski definition) is 5. The highest BCUT2D eigenvalue weighted by Gasteiger charge is 2.19. The fourth-order valence-corrected chi connectivity index (χ4v) is 3.09. The molecule has 140 valence electrons. The highest BCUT2D eigenvalue weighted by Crippen LogP contribution is 2.17. The molecule has 0 aromatic heterocycles. The first kappa shape index (κ1) is 19.9. The van der Waals surface area contributed by atoms with Crippen LogP contribution >= 0.6 is 0 Å². The Labute approximate surface area is 154 Å². The van der Waals surface area contributed by atoms with Crippen molar-refractivity contribution in [2.75, 3.05) is 26.5 Å². The fourth-order valence-electron chi connectivity index (χ4n) is 2.44. The molecule has 1 amide bonds. The van der Waals surface area contributed by atoms with Gasteiger partial charge in [-0.3, -0.25) is 4.79 Å². The smallest absolute Gasteiger partial charge is 0.243 e. The van der Waals surface area contributed by atoms with Crippen LogP contribution in [0.2, 0.25) is 0 Å². The van der Waals surface area contributed by atoms with Crippen molar-refractivity contribution < 1.29 is 17.9 Å². The third-order valence-corrected chi connectivity index (χ3v) is 5.05. The van der Waals surface area contributed by atoms with E-state index in [1.54, 1.807) is 24.1 Å². The van der Waals surface area contributed by atoms with Crippen molar-refractivity contribution in [1.82, 2.24) is 4.90 Å². The van der Waals surface area contributed by atoms with Gasteiger partial charge in [0, 0.05) is 19.8 Å². The Morgan fingerprint density at radius 1 is 1.15 bits per heavy atom. The van der Waals surface area contributed by atoms with Crippen LogP contribution in [-0.2, 0) is 14.6 Å². The molecule has 0 spiro atoms. The molecule has 2 aromatic carbocycles. The first-order valence-electron chi connectivity index (χ1n) is 8.27. The SMILES string of the molecule is CN(CCCOc1cccc(S(C)(=O)=O)c1)C(=O)C(N)c1ccccc1. The molecule has 0 fully saturated rings. The number of ether oxygens (including phenoxy) is 1. The van der Waals surface area contributed by atoms with Gasteiger partial charge in [0.25, 0.3) is 0 Å². The van der Waals surface area contributed by atoms with Crippen molar-refractivity contribution in [2.24, 2.45) is 5.73 Å². The van der Waals surface area contributed by atoms with Gasteiger partial charge in [0.05, 0.1) is 11.5 Å². The van der Waals surface area contributed by atoms with Crippen LogP contribution in [0.5, 0.6) is 5.75 Å². The van der Waals surface area contributed by atoms with E-state index in [2.05, 4.69) is 0 Å². The quantitative estimate of drug-likeness (QED) is 0.712. The molecule has 0 radical (unpaired) electrons. The van der Waals surface area contributed by atoms with Crippen molar-refractivity contribution in [2.45, 2.75) is 17.4 Å². The molecule has 0 bridgehead atoms. The highest BCUT2D eigenvalue weighted by atomic mass is 32.2. The summed E-state index contributed by atoms with van der Waals surface area (Å²) < 4.78 is 28.7. The zero-order chi connectivity index (χ0) is 19.2. The Kier molecular flexibility index (Phi) is 6.76. The summed E-state index contributed by atoms with van der Waals surface area (Å²) in [6.07, 6.45) is 1.76. The summed E-state index contributed by atoms with van der Waals surface area (Å²) in [4.78, 5) is 14.2. The number of sulfone groups is 1. The van der Waals surface area contributed by atoms with Crippen LogP contribution < -0.4 is 10.5 Å². The number of amides is 1. The molecule has 0 saturated heterocycles. The monoisotopic (exact) mass is 376 g/mol. The molecule has 2 aromatic rings. The van der Waals surface area contributed by atoms with Gasteiger partial charge in [-0.05, 0) is 30.2 Å². The average Bonchev–Trinajstić information content (AvgIpc) is 2.64. The predicted octanol–water partition coefficient (Wildman–Crippen LogP) is 2.02. The molecule has 1 atom stereocenters. The van der Waals surface area contributed by atoms with E-state index in [-0.39, 0.29) is 10.8 Å². The van der Waals surface area contributed by atoms with E-state index >= 15 is 0 Å². The molecule has 1 unspecified atom stereocenters. The van der Waals surface area contributed by atoms with Crippen molar-refractivity contribution in [1.29, 1.82) is 0 Å². The molecule has 2 rings (SSSR count). The predicted molar refractivity (Wildman–Crippen MR) is 101 cm³/mol. The maximum Gasteiger partial charge on any atom is 0.243 e. The fraction of sp³-hybridized carbons (Fsp3) is 0.316. The molecule has 0 aliphatic carbocycles. The van der Waals surface area contributed by atoms with Crippen molar-refractivity contribution in [3.8, 4) is 5.75 Å². The molecule has 0 aliphatic rings. The van der Waals surface area contributed by atoms with Crippen LogP contribution in [0, 0.1) is 0 Å². The molecule has 26 heavy (non-hydrogen) atoms. The summed E-state index contributed by atoms with van der Waals surface area (Å²) in [5.74, 6) is 0.332. The van der Waals surface area contributed by atoms with Crippen LogP contribution in [0.4, 0.5) is 0 Å². The number of rotatable bonds is 8. The van der Waals surface area contributed by atoms with Crippen molar-refractivity contribution in [3.05, 3.63) is 60.2 Å². The lowest BCUT2D eigenvalue weighted by molar-refractivity contribution is -0.131. The summed E-state index contributed by atoms with van der Waals surface area (Å²) >= 11 is 0. The molecule has 7 heteroatoms. The summed E-state index contributed by atoms with van der Waals surface area (Å²) in [5.41, 5.74) is 6.79. The normalized spacial score (nSPS) is 12.4. The zero-order valence-electron chi connectivity index (χ0n) is 15.0. The second-order valence-corrected chi connectivity index (χ2v) is 8.11. The van der Waals surface area contributed by atoms with E-state index in [0.29, 0.717) is 25.3 Å². The van der Waals surface area contributed by atoms with Gasteiger partial charge in [0.2, 0.25) is 5.91 Å². The van der Waals surface area contributed by atoms with Gasteiger partial charge in [0.1, 0.15) is 11.8 Å². The Hall–Kier alpha value is -2.38. The van der Waals surface area contributed by atoms with Crippen LogP contribution in [0.3, 0.4) is 0 Å². The molecule has 6 nitrogen and oxygen atoms in total. The first-order valence-corrected chi connectivity index (χ1v) is 10.2. The van der Waals surface area contributed by atoms with Gasteiger partial charge in [-0.1, -0.05) is 36.4 Å². The second kappa shape index (κ2) is 8.82. The Morgan fingerprint density at radius 3 is 2.50 bits per heavy atom. The third-order valence-electron chi connectivity index (χ3n) is 3.94. The number of nitrogens with zero attached hydrogens (tertiary/aromatic N) is 1. The molecular weight excluding hydrogens is 352 g/mol. The van der Waals surface area contributed by atoms with E-state index in [1.807, 2.05) is 30.3 Å². The summed E-state index contributed by atoms with van der Waals surface area (Å²) in [7, 11) is -1.56. The molecule has 0 heterocycles. The third kappa shape index (κ3) is 5.57. The zero-order valence-corrected chi connectivity index (χ0v) is 15.8. The van der Waals surface area contributed by atoms with Gasteiger partial charge in [0.15, 0.2) is 9.84 Å². The maximum absolute atomic E-state index is 12.4. The summed E-state index contributed by atoms with van der Waals surface area (Å²) in [6.45, 7) is 0.858. The summed E-state index contributed by atoms with van der Waals surface area (Å²) in [5, 5.41) is 0. The first-order chi connectivity index (χ1) is 12.3. The van der Waals surface area contributed by atoms with Crippen LogP contribution in [0.1, 0.15) is 18.0 Å². The van der Waals surface area contributed by atoms with E-state index < -0.39 is 15.9 Å². The minimum atomic E-state index is -3.26. The lowest BCUT2D eigenvalue weighted by Gasteiger charge is -2.21. The largest absolute Gasteiger partial charge is 0.493 e. The van der Waals surface area contributed by atoms with Crippen LogP contribution in [0.15, 0.2) is 59.5 Å². The molecule has 0 aliphatic heterocycles. The van der Waals surface area contributed by atoms with Crippen molar-refractivity contribution in [3.63, 3.8) is 0 Å². The lowest BCUT2D eigenvalue weighted by Crippen LogP contribution is -2.36. The standard InChI is InChI=1S/C19H24N2O4S/c1-21(19(22)18(20)15-8-4-3-5-9-15)12-7-13-25-16-10-6-11-17(14-16)26(2,23)24/h3-6,8-11,14,18H,7,12-13,20H2,1-2H3. The van der Waals surface area contributed by atoms with Gasteiger partial charge >= 0.3 is 0 Å². The number of benzene rings is 2. The minimum Gasteiger partial charge on any atom is -0.493 e. The Morgan fingerprint density at radius 2 is 1.85 bits per heavy atom. The number of carbonyl (C=O) groups is 1. The van der Waals surface area contributed by atoms with Crippen molar-refractivity contribution >= 4 is 15.7 Å². The second-order valence-electron chi connectivity index (χ2n) is 6.10. The Balaban J connectivity index is 1.81. The molecule has 2 N–H and O–H groups in total. The van der Waals surface area contributed by atoms with Crippen LogP contribution in [-0.4, -0.2) is 45.7 Å². The van der Waals surface area contributed by atoms with Crippen LogP contribution in [0.25, 0.3) is 0 Å². The molecular formula is C19H24N2O4S. The van der Waals surface area contributed by atoms with Gasteiger partial charge in [-0.15, -0.1) is 0 Å². The molecule has 0 saturated carbocycles. The topological polar surface area (TPSA) is 89.7 Å². The number of carbonyl (C=O) groups excluding carboxylic acids is 1. The number of nitrogens with two attached hydrogens (primary N) is 1. The maximum atomic E-state index is 12.4. The number of hydrogen-bond donors (Lipinski definition) is 1. The number of likely N-dealkylation sites (N-methyl/N-ethyl adjacent to an activating group) is 1. The van der Waals surface area contributed by atoms with E-state index in [1.165, 1.54) is 12.1 Å². The van der Waals surface area contributed by atoms with Gasteiger partial charge < -0.3 is 15.4 Å².